The average molecular weight is 306 g/mol. The zero-order chi connectivity index (χ0) is 16.7. The van der Waals surface area contributed by atoms with Crippen molar-refractivity contribution in [3.05, 3.63) is 11.6 Å². The Kier molecular flexibility index (Phi) is 5.09. The van der Waals surface area contributed by atoms with Crippen LogP contribution in [0, 0.1) is 35.0 Å². The fraction of sp³-hybridized carbons (Fsp3) is 0.850. The van der Waals surface area contributed by atoms with E-state index < -0.39 is 0 Å². The largest absolute Gasteiger partial charge is 0.353 e. The summed E-state index contributed by atoms with van der Waals surface area (Å²) in [4.78, 5) is 12.8. The Labute approximate surface area is 137 Å². The van der Waals surface area contributed by atoms with Gasteiger partial charge in [0.2, 0.25) is 5.91 Å². The lowest BCUT2D eigenvalue weighted by Gasteiger charge is -2.38. The molecule has 2 nitrogen and oxygen atoms in total. The molecule has 1 amide bonds. The number of hydrogen-bond donors (Lipinski definition) is 1. The SMILES string of the molecule is CC(C)=C[C@@H]1[C@@H](C(=O)N[C@H]2CC(C)CC[C@H]2C(C)C)C1(C)C. The lowest BCUT2D eigenvalue weighted by atomic mass is 9.74. The highest BCUT2D eigenvalue weighted by Crippen LogP contribution is 2.59. The predicted molar refractivity (Wildman–Crippen MR) is 93.5 cm³/mol. The van der Waals surface area contributed by atoms with E-state index in [4.69, 9.17) is 0 Å². The highest BCUT2D eigenvalue weighted by molar-refractivity contribution is 5.84. The fourth-order valence-corrected chi connectivity index (χ4v) is 4.49. The molecular weight excluding hydrogens is 270 g/mol. The molecule has 2 aliphatic rings. The van der Waals surface area contributed by atoms with Crippen molar-refractivity contribution in [2.75, 3.05) is 0 Å². The van der Waals surface area contributed by atoms with Crippen molar-refractivity contribution in [2.24, 2.45) is 35.0 Å². The van der Waals surface area contributed by atoms with Crippen LogP contribution in [-0.2, 0) is 4.79 Å². The first kappa shape index (κ1) is 17.6. The quantitative estimate of drug-likeness (QED) is 0.743. The van der Waals surface area contributed by atoms with Crippen LogP contribution in [0.15, 0.2) is 11.6 Å². The van der Waals surface area contributed by atoms with Crippen molar-refractivity contribution in [2.45, 2.75) is 73.8 Å². The van der Waals surface area contributed by atoms with Crippen LogP contribution in [0.25, 0.3) is 0 Å². The highest BCUT2D eigenvalue weighted by Gasteiger charge is 2.60. The molecule has 0 aromatic rings. The molecule has 0 saturated heterocycles. The van der Waals surface area contributed by atoms with Gasteiger partial charge in [0.05, 0.1) is 5.92 Å². The Bertz CT molecular complexity index is 445. The van der Waals surface area contributed by atoms with E-state index in [0.29, 0.717) is 23.8 Å². The van der Waals surface area contributed by atoms with Gasteiger partial charge in [0.1, 0.15) is 0 Å². The van der Waals surface area contributed by atoms with E-state index in [-0.39, 0.29) is 17.2 Å². The third-order valence-electron chi connectivity index (χ3n) is 6.06. The van der Waals surface area contributed by atoms with Crippen LogP contribution >= 0.6 is 0 Å². The maximum Gasteiger partial charge on any atom is 0.224 e. The van der Waals surface area contributed by atoms with Crippen LogP contribution < -0.4 is 5.32 Å². The number of allylic oxidation sites excluding steroid dienone is 2. The first-order valence-corrected chi connectivity index (χ1v) is 9.10. The number of nitrogens with one attached hydrogen (secondary N) is 1. The maximum atomic E-state index is 12.8. The molecule has 2 rings (SSSR count). The van der Waals surface area contributed by atoms with Gasteiger partial charge in [-0.25, -0.2) is 0 Å². The molecule has 126 valence electrons. The minimum atomic E-state index is 0.120. The van der Waals surface area contributed by atoms with Gasteiger partial charge in [0, 0.05) is 6.04 Å². The van der Waals surface area contributed by atoms with E-state index in [1.54, 1.807) is 0 Å². The molecule has 2 aliphatic carbocycles. The minimum absolute atomic E-state index is 0.120. The molecule has 0 aliphatic heterocycles. The topological polar surface area (TPSA) is 29.1 Å². The smallest absolute Gasteiger partial charge is 0.224 e. The Balaban J connectivity index is 2.03. The van der Waals surface area contributed by atoms with Crippen molar-refractivity contribution in [3.63, 3.8) is 0 Å². The Hall–Kier alpha value is -0.790. The Morgan fingerprint density at radius 1 is 1.23 bits per heavy atom. The lowest BCUT2D eigenvalue weighted by Crippen LogP contribution is -2.46. The summed E-state index contributed by atoms with van der Waals surface area (Å²) in [5, 5.41) is 3.43. The van der Waals surface area contributed by atoms with Crippen molar-refractivity contribution in [1.82, 2.24) is 5.32 Å². The van der Waals surface area contributed by atoms with Gasteiger partial charge in [0.15, 0.2) is 0 Å². The zero-order valence-corrected chi connectivity index (χ0v) is 15.6. The van der Waals surface area contributed by atoms with Gasteiger partial charge in [-0.05, 0) is 55.8 Å². The monoisotopic (exact) mass is 305 g/mol. The van der Waals surface area contributed by atoms with Gasteiger partial charge in [-0.3, -0.25) is 4.79 Å². The van der Waals surface area contributed by atoms with E-state index >= 15 is 0 Å². The molecule has 0 aromatic carbocycles. The van der Waals surface area contributed by atoms with Crippen LogP contribution in [0.2, 0.25) is 0 Å². The second-order valence-corrected chi connectivity index (χ2v) is 9.01. The van der Waals surface area contributed by atoms with Crippen molar-refractivity contribution in [1.29, 1.82) is 0 Å². The summed E-state index contributed by atoms with van der Waals surface area (Å²) in [5.41, 5.74) is 1.44. The average Bonchev–Trinajstić information content (AvgIpc) is 2.89. The van der Waals surface area contributed by atoms with Gasteiger partial charge < -0.3 is 5.32 Å². The van der Waals surface area contributed by atoms with Crippen LogP contribution in [0.5, 0.6) is 0 Å². The van der Waals surface area contributed by atoms with E-state index in [1.165, 1.54) is 18.4 Å². The molecule has 1 N–H and O–H groups in total. The summed E-state index contributed by atoms with van der Waals surface area (Å²) >= 11 is 0. The van der Waals surface area contributed by atoms with E-state index in [1.807, 2.05) is 0 Å². The number of rotatable bonds is 4. The maximum absolute atomic E-state index is 12.8. The second-order valence-electron chi connectivity index (χ2n) is 9.01. The van der Waals surface area contributed by atoms with Gasteiger partial charge in [-0.15, -0.1) is 0 Å². The van der Waals surface area contributed by atoms with Crippen molar-refractivity contribution >= 4 is 5.91 Å². The third-order valence-corrected chi connectivity index (χ3v) is 6.06. The van der Waals surface area contributed by atoms with Gasteiger partial charge >= 0.3 is 0 Å². The molecule has 1 unspecified atom stereocenters. The van der Waals surface area contributed by atoms with Crippen LogP contribution in [-0.4, -0.2) is 11.9 Å². The Morgan fingerprint density at radius 3 is 2.41 bits per heavy atom. The third kappa shape index (κ3) is 3.58. The molecule has 5 atom stereocenters. The number of hydrogen-bond acceptors (Lipinski definition) is 1. The molecule has 0 spiro atoms. The Morgan fingerprint density at radius 2 is 1.86 bits per heavy atom. The number of carbonyl (C=O) groups is 1. The van der Waals surface area contributed by atoms with Gasteiger partial charge in [0.25, 0.3) is 0 Å². The zero-order valence-electron chi connectivity index (χ0n) is 15.6. The lowest BCUT2D eigenvalue weighted by molar-refractivity contribution is -0.124. The summed E-state index contributed by atoms with van der Waals surface area (Å²) in [6, 6.07) is 0.375. The summed E-state index contributed by atoms with van der Waals surface area (Å²) in [7, 11) is 0. The molecule has 0 radical (unpaired) electrons. The first-order valence-electron chi connectivity index (χ1n) is 9.10. The van der Waals surface area contributed by atoms with Crippen LogP contribution in [0.1, 0.15) is 67.7 Å². The predicted octanol–water partition coefficient (Wildman–Crippen LogP) is 4.80. The van der Waals surface area contributed by atoms with E-state index in [9.17, 15) is 4.79 Å². The molecule has 0 heterocycles. The number of amides is 1. The van der Waals surface area contributed by atoms with Crippen LogP contribution in [0.4, 0.5) is 0 Å². The second kappa shape index (κ2) is 6.37. The van der Waals surface area contributed by atoms with Crippen LogP contribution in [0.3, 0.4) is 0 Å². The summed E-state index contributed by atoms with van der Waals surface area (Å²) in [5.74, 6) is 2.89. The molecule has 2 heteroatoms. The normalized spacial score (nSPS) is 36.8. The van der Waals surface area contributed by atoms with Gasteiger partial charge in [-0.2, -0.15) is 0 Å². The number of carbonyl (C=O) groups excluding carboxylic acids is 1. The van der Waals surface area contributed by atoms with Crippen molar-refractivity contribution < 1.29 is 4.79 Å². The molecule has 0 aromatic heterocycles. The standard InChI is InChI=1S/C20H35NO/c1-12(2)10-16-18(20(16,6)7)19(22)21-17-11-14(5)8-9-15(17)13(3)4/h10,13-18H,8-9,11H2,1-7H3,(H,21,22)/t14?,15-,16+,17-,18-/m0/s1. The fourth-order valence-electron chi connectivity index (χ4n) is 4.49. The molecule has 2 saturated carbocycles. The molecule has 22 heavy (non-hydrogen) atoms. The minimum Gasteiger partial charge on any atom is -0.353 e. The van der Waals surface area contributed by atoms with Crippen molar-refractivity contribution in [3.8, 4) is 0 Å². The summed E-state index contributed by atoms with van der Waals surface area (Å²) < 4.78 is 0. The van der Waals surface area contributed by atoms with E-state index in [0.717, 1.165) is 12.3 Å². The molecule has 2 fully saturated rings. The summed E-state index contributed by atoms with van der Waals surface area (Å²) in [6.45, 7) is 15.6. The molecular formula is C20H35NO. The summed E-state index contributed by atoms with van der Waals surface area (Å²) in [6.07, 6.45) is 6.00. The van der Waals surface area contributed by atoms with E-state index in [2.05, 4.69) is 59.9 Å². The highest BCUT2D eigenvalue weighted by atomic mass is 16.2. The molecule has 0 bridgehead atoms. The first-order chi connectivity index (χ1) is 10.1. The van der Waals surface area contributed by atoms with Gasteiger partial charge in [-0.1, -0.05) is 52.7 Å².